The Bertz CT molecular complexity index is 3140. The van der Waals surface area contributed by atoms with E-state index in [1.165, 1.54) is 4.90 Å². The number of morpholine rings is 1. The lowest BCUT2D eigenvalue weighted by molar-refractivity contribution is -0.179. The molecule has 11 rings (SSSR count). The number of para-hydroxylation sites is 1. The lowest BCUT2D eigenvalue weighted by Gasteiger charge is -2.46. The minimum atomic E-state index is -2.03. The van der Waals surface area contributed by atoms with Crippen molar-refractivity contribution in [1.29, 1.82) is 0 Å². The van der Waals surface area contributed by atoms with Crippen molar-refractivity contribution in [1.82, 2.24) is 25.1 Å². The van der Waals surface area contributed by atoms with Crippen molar-refractivity contribution in [2.45, 2.75) is 68.3 Å². The van der Waals surface area contributed by atoms with E-state index in [1.807, 2.05) is 138 Å². The van der Waals surface area contributed by atoms with Crippen LogP contribution in [0.1, 0.15) is 90.2 Å². The van der Waals surface area contributed by atoms with E-state index in [0.29, 0.717) is 47.0 Å². The Morgan fingerprint density at radius 1 is 0.811 bits per heavy atom. The Kier molecular flexibility index (Phi) is 13.5. The van der Waals surface area contributed by atoms with Crippen molar-refractivity contribution >= 4 is 35.5 Å². The van der Waals surface area contributed by atoms with Crippen LogP contribution >= 0.6 is 0 Å². The molecule has 5 heterocycles. The Morgan fingerprint density at radius 2 is 1.50 bits per heavy atom. The second-order valence-electron chi connectivity index (χ2n) is 19.4. The zero-order valence-electron chi connectivity index (χ0n) is 41.1. The standard InChI is InChI=1S/C60H57N7O7/c1-40(43-19-8-3-9-20-43)63-59(72)66-48-30-29-42(28-27-41-17-6-2-7-18-41)39-47(48)60(57(66)71)50(55(69)64-33-35-65(36-34-64)58-61-31-16-32-62-58)52-56(70)74-53(45-23-12-5-13-24-45)51(44-21-10-4-11-22-44)67(52)54(60)46-25-14-15-26-49(46)73-38-37-68/h3-5,8-17,19-26,29-32,39-40,50-54,68H,2,6-7,18,33-38H2,1H3,(H,63,72). The van der Waals surface area contributed by atoms with Crippen molar-refractivity contribution in [3.8, 4) is 17.6 Å². The number of aliphatic hydroxyl groups excluding tert-OH is 1. The van der Waals surface area contributed by atoms with Crippen LogP contribution in [0.5, 0.6) is 5.75 Å². The van der Waals surface area contributed by atoms with Crippen molar-refractivity contribution in [2.24, 2.45) is 5.92 Å². The average molecular weight is 988 g/mol. The van der Waals surface area contributed by atoms with Gasteiger partial charge in [-0.2, -0.15) is 0 Å². The summed E-state index contributed by atoms with van der Waals surface area (Å²) in [5.74, 6) is 4.36. The van der Waals surface area contributed by atoms with Crippen molar-refractivity contribution < 1.29 is 33.8 Å². The molecule has 4 aliphatic heterocycles. The number of amides is 4. The summed E-state index contributed by atoms with van der Waals surface area (Å²) < 4.78 is 13.2. The molecule has 2 N–H and O–H groups in total. The fraction of sp³-hybridized carbons (Fsp3) is 0.300. The Balaban J connectivity index is 1.18. The fourth-order valence-electron chi connectivity index (χ4n) is 11.9. The lowest BCUT2D eigenvalue weighted by Crippen LogP contribution is -2.59. The maximum absolute atomic E-state index is 17.0. The topological polar surface area (TPSA) is 158 Å². The van der Waals surface area contributed by atoms with Gasteiger partial charge in [-0.25, -0.2) is 19.7 Å². The number of aliphatic hydroxyl groups is 1. The van der Waals surface area contributed by atoms with E-state index >= 15 is 19.2 Å². The molecule has 14 heteroatoms. The quantitative estimate of drug-likeness (QED) is 0.101. The third kappa shape index (κ3) is 8.65. The molecule has 0 radical (unpaired) electrons. The van der Waals surface area contributed by atoms with E-state index in [9.17, 15) is 5.11 Å². The fourth-order valence-corrected chi connectivity index (χ4v) is 11.9. The number of piperazine rings is 1. The van der Waals surface area contributed by atoms with E-state index in [-0.39, 0.29) is 32.0 Å². The molecular weight excluding hydrogens is 931 g/mol. The first-order chi connectivity index (χ1) is 36.3. The van der Waals surface area contributed by atoms with Crippen molar-refractivity contribution in [2.75, 3.05) is 49.2 Å². The molecule has 5 aliphatic rings. The van der Waals surface area contributed by atoms with Gasteiger partial charge in [0, 0.05) is 49.7 Å². The third-order valence-corrected chi connectivity index (χ3v) is 15.2. The molecule has 4 amide bonds. The summed E-state index contributed by atoms with van der Waals surface area (Å²) >= 11 is 0. The molecule has 7 atom stereocenters. The number of fused-ring (bicyclic) bond motifs is 3. The van der Waals surface area contributed by atoms with Crippen LogP contribution in [0.15, 0.2) is 164 Å². The van der Waals surface area contributed by atoms with Crippen LogP contribution in [-0.2, 0) is 24.5 Å². The highest BCUT2D eigenvalue weighted by atomic mass is 16.6. The Hall–Kier alpha value is -8.12. The minimum Gasteiger partial charge on any atom is -0.491 e. The van der Waals surface area contributed by atoms with E-state index < -0.39 is 65.4 Å². The molecule has 0 saturated carbocycles. The molecule has 1 spiro atoms. The molecule has 6 aromatic rings. The second kappa shape index (κ2) is 20.8. The van der Waals surface area contributed by atoms with Gasteiger partial charge in [0.05, 0.1) is 36.3 Å². The summed E-state index contributed by atoms with van der Waals surface area (Å²) in [6.45, 7) is 2.67. The number of hydrogen-bond donors (Lipinski definition) is 2. The normalized spacial score (nSPS) is 23.7. The van der Waals surface area contributed by atoms with Gasteiger partial charge in [-0.05, 0) is 90.8 Å². The van der Waals surface area contributed by atoms with Crippen LogP contribution in [0, 0.1) is 17.8 Å². The number of hydrogen-bond acceptors (Lipinski definition) is 11. The van der Waals surface area contributed by atoms with E-state index in [1.54, 1.807) is 35.5 Å². The number of nitrogens with one attached hydrogen (secondary N) is 1. The van der Waals surface area contributed by atoms with Gasteiger partial charge in [-0.15, -0.1) is 0 Å². The highest BCUT2D eigenvalue weighted by Crippen LogP contribution is 2.67. The first-order valence-corrected chi connectivity index (χ1v) is 25.5. The SMILES string of the molecule is CC(NC(=O)N1C(=O)C2(c3cc(C#CC4=CCCCC4)ccc31)C(C(=O)N1CCN(c3ncccn3)CC1)C1C(=O)OC(c3ccccc3)C(c3ccccc3)N1C2c1ccccc1OCCO)c1ccccc1. The number of ether oxygens (including phenoxy) is 2. The van der Waals surface area contributed by atoms with E-state index in [0.717, 1.165) is 42.4 Å². The van der Waals surface area contributed by atoms with Gasteiger partial charge in [-0.1, -0.05) is 127 Å². The smallest absolute Gasteiger partial charge is 0.329 e. The van der Waals surface area contributed by atoms with Crippen LogP contribution < -0.4 is 19.9 Å². The maximum Gasteiger partial charge on any atom is 0.329 e. The van der Waals surface area contributed by atoms with Gasteiger partial charge in [0.2, 0.25) is 17.8 Å². The lowest BCUT2D eigenvalue weighted by atomic mass is 9.64. The number of cyclic esters (lactones) is 1. The molecule has 3 fully saturated rings. The number of aromatic nitrogens is 2. The molecule has 3 saturated heterocycles. The number of esters is 1. The molecule has 1 aliphatic carbocycles. The summed E-state index contributed by atoms with van der Waals surface area (Å²) in [6, 6.07) is 38.5. The summed E-state index contributed by atoms with van der Waals surface area (Å²) in [5.41, 5.74) is 3.00. The first-order valence-electron chi connectivity index (χ1n) is 25.5. The zero-order valence-corrected chi connectivity index (χ0v) is 41.1. The molecular formula is C60H57N7O7. The summed E-state index contributed by atoms with van der Waals surface area (Å²) in [4.78, 5) is 80.5. The number of anilines is 2. The van der Waals surface area contributed by atoms with Crippen LogP contribution in [-0.4, -0.2) is 94.1 Å². The molecule has 74 heavy (non-hydrogen) atoms. The molecule has 5 aromatic carbocycles. The number of urea groups is 1. The Labute approximate surface area is 430 Å². The maximum atomic E-state index is 17.0. The first kappa shape index (κ1) is 48.2. The molecule has 1 aromatic heterocycles. The number of rotatable bonds is 10. The number of allylic oxidation sites excluding steroid dienone is 2. The van der Waals surface area contributed by atoms with Gasteiger partial charge in [0.25, 0.3) is 0 Å². The van der Waals surface area contributed by atoms with Gasteiger partial charge in [0.15, 0.2) is 0 Å². The summed E-state index contributed by atoms with van der Waals surface area (Å²) in [5, 5.41) is 13.3. The average Bonchev–Trinajstić information content (AvgIpc) is 3.98. The van der Waals surface area contributed by atoms with Gasteiger partial charge >= 0.3 is 12.0 Å². The van der Waals surface area contributed by atoms with E-state index in [2.05, 4.69) is 33.2 Å². The highest BCUT2D eigenvalue weighted by molar-refractivity contribution is 6.24. The molecule has 374 valence electrons. The van der Waals surface area contributed by atoms with Crippen LogP contribution in [0.25, 0.3) is 0 Å². The molecule has 7 unspecified atom stereocenters. The second-order valence-corrected chi connectivity index (χ2v) is 19.4. The largest absolute Gasteiger partial charge is 0.491 e. The predicted octanol–water partition coefficient (Wildman–Crippen LogP) is 8.18. The number of imide groups is 1. The third-order valence-electron chi connectivity index (χ3n) is 15.2. The zero-order chi connectivity index (χ0) is 50.8. The summed E-state index contributed by atoms with van der Waals surface area (Å²) in [7, 11) is 0. The van der Waals surface area contributed by atoms with Gasteiger partial charge in [-0.3, -0.25) is 19.3 Å². The predicted molar refractivity (Wildman–Crippen MR) is 279 cm³/mol. The highest BCUT2D eigenvalue weighted by Gasteiger charge is 2.76. The molecule has 0 bridgehead atoms. The van der Waals surface area contributed by atoms with Gasteiger partial charge < -0.3 is 29.7 Å². The monoisotopic (exact) mass is 987 g/mol. The van der Waals surface area contributed by atoms with Crippen molar-refractivity contribution in [3.05, 3.63) is 197 Å². The number of benzene rings is 5. The number of carbonyl (C=O) groups excluding carboxylic acids is 4. The van der Waals surface area contributed by atoms with Crippen LogP contribution in [0.2, 0.25) is 0 Å². The minimum absolute atomic E-state index is 0.0826. The number of nitrogens with zero attached hydrogens (tertiary/aromatic N) is 6. The van der Waals surface area contributed by atoms with Crippen LogP contribution in [0.4, 0.5) is 16.4 Å². The summed E-state index contributed by atoms with van der Waals surface area (Å²) in [6.07, 6.45) is 8.52. The van der Waals surface area contributed by atoms with Crippen LogP contribution in [0.3, 0.4) is 0 Å². The number of carbonyl (C=O) groups is 4. The van der Waals surface area contributed by atoms with Gasteiger partial charge in [0.1, 0.15) is 29.9 Å². The molecule has 14 nitrogen and oxygen atoms in total. The Morgan fingerprint density at radius 3 is 2.20 bits per heavy atom. The van der Waals surface area contributed by atoms with E-state index in [4.69, 9.17) is 9.47 Å². The van der Waals surface area contributed by atoms with Crippen molar-refractivity contribution in [3.63, 3.8) is 0 Å².